The average Bonchev–Trinajstić information content (AvgIpc) is 3.09. The second-order valence-electron chi connectivity index (χ2n) is 8.54. The van der Waals surface area contributed by atoms with Crippen LogP contribution in [0.3, 0.4) is 0 Å². The molecule has 0 aliphatic carbocycles. The highest BCUT2D eigenvalue weighted by molar-refractivity contribution is 8.26. The summed E-state index contributed by atoms with van der Waals surface area (Å²) in [4.78, 5) is 33.3. The third-order valence-corrected chi connectivity index (χ3v) is 7.87. The SMILES string of the molecule is CCCn1c(N2CCN(CC)CC2)c(/C=C2/SC(=S)N(C(C)CC)C2=O)c(C)c(C#N)c1=O. The summed E-state index contributed by atoms with van der Waals surface area (Å²) in [5.74, 6) is 0.704. The number of amides is 1. The Kier molecular flexibility index (Phi) is 8.38. The number of piperazine rings is 1. The summed E-state index contributed by atoms with van der Waals surface area (Å²) >= 11 is 6.81. The van der Waals surface area contributed by atoms with Crippen molar-refractivity contribution < 1.29 is 4.79 Å². The number of pyridine rings is 1. The third kappa shape index (κ3) is 4.88. The maximum Gasteiger partial charge on any atom is 0.270 e. The molecule has 0 radical (unpaired) electrons. The number of thiocarbonyl (C=S) groups is 1. The van der Waals surface area contributed by atoms with E-state index in [1.165, 1.54) is 11.8 Å². The maximum absolute atomic E-state index is 13.3. The lowest BCUT2D eigenvalue weighted by molar-refractivity contribution is -0.123. The van der Waals surface area contributed by atoms with Crippen molar-refractivity contribution in [2.45, 2.75) is 60.0 Å². The van der Waals surface area contributed by atoms with Crippen LogP contribution in [0.1, 0.15) is 57.2 Å². The quantitative estimate of drug-likeness (QED) is 0.430. The molecule has 1 aromatic heterocycles. The minimum Gasteiger partial charge on any atom is -0.355 e. The normalized spacial score (nSPS) is 19.5. The molecule has 7 nitrogen and oxygen atoms in total. The highest BCUT2D eigenvalue weighted by atomic mass is 32.2. The van der Waals surface area contributed by atoms with E-state index in [2.05, 4.69) is 22.8 Å². The summed E-state index contributed by atoms with van der Waals surface area (Å²) < 4.78 is 2.28. The molecule has 1 amide bonds. The van der Waals surface area contributed by atoms with Gasteiger partial charge in [0, 0.05) is 44.3 Å². The van der Waals surface area contributed by atoms with Gasteiger partial charge in [-0.1, -0.05) is 44.8 Å². The number of hydrogen-bond donors (Lipinski definition) is 0. The van der Waals surface area contributed by atoms with Crippen LogP contribution in [0.5, 0.6) is 0 Å². The Balaban J connectivity index is 2.20. The number of aromatic nitrogens is 1. The van der Waals surface area contributed by atoms with Gasteiger partial charge in [0.05, 0.1) is 4.91 Å². The molecule has 33 heavy (non-hydrogen) atoms. The summed E-state index contributed by atoms with van der Waals surface area (Å²) in [7, 11) is 0. The number of hydrogen-bond acceptors (Lipinski definition) is 7. The Morgan fingerprint density at radius 1 is 1.18 bits per heavy atom. The number of thioether (sulfide) groups is 1. The maximum atomic E-state index is 13.3. The molecule has 0 saturated carbocycles. The summed E-state index contributed by atoms with van der Waals surface area (Å²) in [5, 5.41) is 9.78. The Bertz CT molecular complexity index is 1060. The molecule has 9 heteroatoms. The van der Waals surface area contributed by atoms with E-state index in [0.29, 0.717) is 21.3 Å². The Hall–Kier alpha value is -2.15. The van der Waals surface area contributed by atoms with Gasteiger partial charge >= 0.3 is 0 Å². The fraction of sp³-hybridized carbons (Fsp3) is 0.583. The Labute approximate surface area is 206 Å². The molecule has 2 aliphatic rings. The van der Waals surface area contributed by atoms with Crippen molar-refractivity contribution in [3.8, 4) is 6.07 Å². The van der Waals surface area contributed by atoms with Crippen LogP contribution in [0.15, 0.2) is 9.70 Å². The summed E-state index contributed by atoms with van der Waals surface area (Å²) in [6.07, 6.45) is 3.43. The number of carbonyl (C=O) groups is 1. The van der Waals surface area contributed by atoms with Gasteiger partial charge in [0.2, 0.25) is 0 Å². The predicted octanol–water partition coefficient (Wildman–Crippen LogP) is 3.58. The molecule has 0 aromatic carbocycles. The first kappa shape index (κ1) is 25.5. The molecule has 3 rings (SSSR count). The standard InChI is InChI=1S/C24H33N5O2S2/c1-6-9-28-21(27-12-10-26(8-3)11-13-27)18(17(5)19(15-25)22(28)30)14-20-23(31)29(16(4)7-2)24(32)33-20/h14,16H,6-13H2,1-5H3/b20-14+. The largest absolute Gasteiger partial charge is 0.355 e. The monoisotopic (exact) mass is 487 g/mol. The van der Waals surface area contributed by atoms with Crippen molar-refractivity contribution in [3.63, 3.8) is 0 Å². The summed E-state index contributed by atoms with van der Waals surface area (Å²) in [5.41, 5.74) is 1.28. The second kappa shape index (κ2) is 10.9. The Morgan fingerprint density at radius 2 is 1.85 bits per heavy atom. The van der Waals surface area contributed by atoms with Crippen LogP contribution < -0.4 is 10.5 Å². The van der Waals surface area contributed by atoms with Crippen LogP contribution in [0.4, 0.5) is 5.82 Å². The lowest BCUT2D eigenvalue weighted by atomic mass is 10.0. The molecule has 0 spiro atoms. The third-order valence-electron chi connectivity index (χ3n) is 6.54. The van der Waals surface area contributed by atoms with E-state index in [4.69, 9.17) is 12.2 Å². The number of nitrogens with zero attached hydrogens (tertiary/aromatic N) is 5. The molecule has 2 fully saturated rings. The van der Waals surface area contributed by atoms with Crippen LogP contribution in [0.25, 0.3) is 6.08 Å². The van der Waals surface area contributed by atoms with E-state index in [0.717, 1.165) is 56.9 Å². The van der Waals surface area contributed by atoms with Gasteiger partial charge in [0.15, 0.2) is 0 Å². The van der Waals surface area contributed by atoms with E-state index in [9.17, 15) is 14.9 Å². The van der Waals surface area contributed by atoms with Crippen molar-refractivity contribution >= 4 is 46.1 Å². The van der Waals surface area contributed by atoms with E-state index in [-0.39, 0.29) is 23.1 Å². The van der Waals surface area contributed by atoms with Gasteiger partial charge < -0.3 is 9.80 Å². The van der Waals surface area contributed by atoms with Gasteiger partial charge in [-0.3, -0.25) is 19.1 Å². The zero-order chi connectivity index (χ0) is 24.3. The Morgan fingerprint density at radius 3 is 2.39 bits per heavy atom. The molecule has 2 saturated heterocycles. The number of anilines is 1. The molecule has 1 aromatic rings. The number of rotatable bonds is 7. The highest BCUT2D eigenvalue weighted by Crippen LogP contribution is 2.37. The minimum atomic E-state index is -0.255. The predicted molar refractivity (Wildman–Crippen MR) is 140 cm³/mol. The van der Waals surface area contributed by atoms with E-state index >= 15 is 0 Å². The smallest absolute Gasteiger partial charge is 0.270 e. The molecule has 1 atom stereocenters. The topological polar surface area (TPSA) is 72.6 Å². The molecule has 0 N–H and O–H groups in total. The van der Waals surface area contributed by atoms with Crippen LogP contribution in [0, 0.1) is 18.3 Å². The average molecular weight is 488 g/mol. The fourth-order valence-electron chi connectivity index (χ4n) is 4.37. The van der Waals surface area contributed by atoms with Crippen molar-refractivity contribution in [3.05, 3.63) is 31.9 Å². The van der Waals surface area contributed by atoms with Crippen LogP contribution in [0.2, 0.25) is 0 Å². The van der Waals surface area contributed by atoms with E-state index < -0.39 is 0 Å². The second-order valence-corrected chi connectivity index (χ2v) is 10.2. The van der Waals surface area contributed by atoms with Crippen LogP contribution in [-0.2, 0) is 11.3 Å². The summed E-state index contributed by atoms with van der Waals surface area (Å²) in [6.45, 7) is 14.9. The van der Waals surface area contributed by atoms with E-state index in [1.807, 2.05) is 33.8 Å². The van der Waals surface area contributed by atoms with E-state index in [1.54, 1.807) is 9.47 Å². The molecule has 178 valence electrons. The first-order chi connectivity index (χ1) is 15.8. The van der Waals surface area contributed by atoms with Crippen LogP contribution in [-0.4, -0.2) is 63.4 Å². The van der Waals surface area contributed by atoms with Gasteiger partial charge in [-0.25, -0.2) is 0 Å². The first-order valence-corrected chi connectivity index (χ1v) is 12.9. The van der Waals surface area contributed by atoms with Crippen molar-refractivity contribution in [2.75, 3.05) is 37.6 Å². The molecule has 1 unspecified atom stereocenters. The lowest BCUT2D eigenvalue weighted by Crippen LogP contribution is -2.48. The van der Waals surface area contributed by atoms with Crippen molar-refractivity contribution in [1.82, 2.24) is 14.4 Å². The van der Waals surface area contributed by atoms with Crippen molar-refractivity contribution in [2.24, 2.45) is 0 Å². The fourth-order valence-corrected chi connectivity index (χ4v) is 5.81. The first-order valence-electron chi connectivity index (χ1n) is 11.7. The zero-order valence-corrected chi connectivity index (χ0v) is 21.8. The number of likely N-dealkylation sites (N-methyl/N-ethyl adjacent to an activating group) is 1. The molecule has 0 bridgehead atoms. The molecular formula is C24H33N5O2S2. The van der Waals surface area contributed by atoms with Gasteiger partial charge in [0.1, 0.15) is 21.8 Å². The van der Waals surface area contributed by atoms with Crippen LogP contribution >= 0.6 is 24.0 Å². The van der Waals surface area contributed by atoms with Gasteiger partial charge in [-0.2, -0.15) is 5.26 Å². The highest BCUT2D eigenvalue weighted by Gasteiger charge is 2.35. The molecule has 3 heterocycles. The molecule has 2 aliphatic heterocycles. The number of nitriles is 1. The number of carbonyl (C=O) groups excluding carboxylic acids is 1. The van der Waals surface area contributed by atoms with Gasteiger partial charge in [-0.05, 0) is 44.9 Å². The van der Waals surface area contributed by atoms with Gasteiger partial charge in [0.25, 0.3) is 11.5 Å². The zero-order valence-electron chi connectivity index (χ0n) is 20.2. The van der Waals surface area contributed by atoms with Crippen molar-refractivity contribution in [1.29, 1.82) is 5.26 Å². The summed E-state index contributed by atoms with van der Waals surface area (Å²) in [6, 6.07) is 2.14. The van der Waals surface area contributed by atoms with Gasteiger partial charge in [-0.15, -0.1) is 0 Å². The molecular weight excluding hydrogens is 454 g/mol. The lowest BCUT2D eigenvalue weighted by Gasteiger charge is -2.37. The minimum absolute atomic E-state index is 0.0230.